The van der Waals surface area contributed by atoms with Crippen LogP contribution in [0.3, 0.4) is 0 Å². The van der Waals surface area contributed by atoms with Crippen molar-refractivity contribution >= 4 is 11.8 Å². The lowest BCUT2D eigenvalue weighted by Gasteiger charge is -2.12. The van der Waals surface area contributed by atoms with E-state index in [1.807, 2.05) is 19.9 Å². The van der Waals surface area contributed by atoms with Gasteiger partial charge in [-0.2, -0.15) is 0 Å². The molecule has 0 aliphatic rings. The van der Waals surface area contributed by atoms with Gasteiger partial charge in [0.25, 0.3) is 5.91 Å². The fourth-order valence-corrected chi connectivity index (χ4v) is 2.26. The minimum absolute atomic E-state index is 0.140. The molecular weight excluding hydrogens is 348 g/mol. The number of amides is 2. The predicted molar refractivity (Wildman–Crippen MR) is 101 cm³/mol. The van der Waals surface area contributed by atoms with Crippen molar-refractivity contribution in [3.63, 3.8) is 0 Å². The molecule has 0 atom stereocenters. The van der Waals surface area contributed by atoms with Crippen LogP contribution in [0.1, 0.15) is 19.4 Å². The predicted octanol–water partition coefficient (Wildman–Crippen LogP) is 2.25. The number of hydrogen-bond donors (Lipinski definition) is 2. The third-order valence-corrected chi connectivity index (χ3v) is 3.45. The number of hydrazine groups is 1. The number of hydrogen-bond acceptors (Lipinski definition) is 5. The molecule has 2 rings (SSSR count). The van der Waals surface area contributed by atoms with Crippen molar-refractivity contribution in [2.24, 2.45) is 0 Å². The van der Waals surface area contributed by atoms with E-state index in [-0.39, 0.29) is 18.9 Å². The topological polar surface area (TPSA) is 85.9 Å². The summed E-state index contributed by atoms with van der Waals surface area (Å²) in [5.41, 5.74) is 5.50. The summed E-state index contributed by atoms with van der Waals surface area (Å²) in [5.74, 6) is 0.977. The van der Waals surface area contributed by atoms with Gasteiger partial charge >= 0.3 is 0 Å². The van der Waals surface area contributed by atoms with Gasteiger partial charge in [0, 0.05) is 0 Å². The summed E-state index contributed by atoms with van der Waals surface area (Å²) in [6.07, 6.45) is 0.140. The second-order valence-electron chi connectivity index (χ2n) is 5.52. The van der Waals surface area contributed by atoms with Gasteiger partial charge in [-0.25, -0.2) is 0 Å². The maximum atomic E-state index is 11.9. The lowest BCUT2D eigenvalue weighted by Crippen LogP contribution is -2.44. The Morgan fingerprint density at radius 3 is 2.00 bits per heavy atom. The second-order valence-corrected chi connectivity index (χ2v) is 5.52. The Morgan fingerprint density at radius 1 is 0.778 bits per heavy atom. The van der Waals surface area contributed by atoms with Crippen LogP contribution in [0.15, 0.2) is 48.5 Å². The first kappa shape index (κ1) is 20.1. The molecule has 0 saturated carbocycles. The van der Waals surface area contributed by atoms with E-state index in [2.05, 4.69) is 10.9 Å². The number of carbonyl (C=O) groups excluding carboxylic acids is 2. The van der Waals surface area contributed by atoms with Gasteiger partial charge in [0.15, 0.2) is 18.1 Å². The van der Waals surface area contributed by atoms with E-state index in [9.17, 15) is 9.59 Å². The Labute approximate surface area is 158 Å². The highest BCUT2D eigenvalue weighted by atomic mass is 16.5. The van der Waals surface area contributed by atoms with E-state index in [1.54, 1.807) is 42.5 Å². The molecule has 2 amide bonds. The van der Waals surface area contributed by atoms with E-state index < -0.39 is 5.91 Å². The first-order valence-electron chi connectivity index (χ1n) is 8.76. The lowest BCUT2D eigenvalue weighted by atomic mass is 10.1. The number of para-hydroxylation sites is 2. The fraction of sp³-hybridized carbons (Fsp3) is 0.300. The zero-order chi connectivity index (χ0) is 19.5. The molecule has 27 heavy (non-hydrogen) atoms. The molecule has 0 fully saturated rings. The van der Waals surface area contributed by atoms with Crippen molar-refractivity contribution < 1.29 is 23.8 Å². The van der Waals surface area contributed by atoms with Gasteiger partial charge in [-0.3, -0.25) is 20.4 Å². The second kappa shape index (κ2) is 10.7. The summed E-state index contributed by atoms with van der Waals surface area (Å²) in [5, 5.41) is 0. The minimum atomic E-state index is -0.471. The van der Waals surface area contributed by atoms with Crippen LogP contribution in [0.4, 0.5) is 0 Å². The maximum Gasteiger partial charge on any atom is 0.276 e. The Kier molecular flexibility index (Phi) is 7.96. The number of nitrogens with one attached hydrogen (secondary N) is 2. The van der Waals surface area contributed by atoms with Crippen molar-refractivity contribution in [3.8, 4) is 17.2 Å². The molecule has 0 bridgehead atoms. The minimum Gasteiger partial charge on any atom is -0.494 e. The average Bonchev–Trinajstić information content (AvgIpc) is 2.68. The normalized spacial score (nSPS) is 10.0. The van der Waals surface area contributed by atoms with Crippen molar-refractivity contribution in [2.75, 3.05) is 19.8 Å². The molecule has 0 unspecified atom stereocenters. The number of carbonyl (C=O) groups is 2. The van der Waals surface area contributed by atoms with Gasteiger partial charge in [-0.15, -0.1) is 0 Å². The monoisotopic (exact) mass is 372 g/mol. The van der Waals surface area contributed by atoms with Crippen LogP contribution in [-0.4, -0.2) is 31.6 Å². The molecule has 144 valence electrons. The molecule has 7 nitrogen and oxygen atoms in total. The molecule has 0 aromatic heterocycles. The van der Waals surface area contributed by atoms with E-state index in [0.717, 1.165) is 11.3 Å². The Bertz CT molecular complexity index is 746. The maximum absolute atomic E-state index is 11.9. The molecule has 7 heteroatoms. The highest BCUT2D eigenvalue weighted by Crippen LogP contribution is 2.26. The van der Waals surface area contributed by atoms with Gasteiger partial charge < -0.3 is 14.2 Å². The van der Waals surface area contributed by atoms with Crippen molar-refractivity contribution in [1.29, 1.82) is 0 Å². The third-order valence-electron chi connectivity index (χ3n) is 3.45. The summed E-state index contributed by atoms with van der Waals surface area (Å²) in [6, 6.07) is 14.3. The fourth-order valence-electron chi connectivity index (χ4n) is 2.26. The third kappa shape index (κ3) is 6.89. The summed E-state index contributed by atoms with van der Waals surface area (Å²) in [4.78, 5) is 23.8. The largest absolute Gasteiger partial charge is 0.494 e. The van der Waals surface area contributed by atoms with Crippen molar-refractivity contribution in [1.82, 2.24) is 10.9 Å². The molecule has 0 heterocycles. The SMILES string of the molecule is CCOc1ccc(CC(=O)NNC(=O)COc2ccccc2OCC)cc1. The molecule has 0 aliphatic heterocycles. The van der Waals surface area contributed by atoms with Gasteiger partial charge in [0.1, 0.15) is 5.75 Å². The van der Waals surface area contributed by atoms with Crippen LogP contribution in [0.5, 0.6) is 17.2 Å². The average molecular weight is 372 g/mol. The van der Waals surface area contributed by atoms with Crippen LogP contribution in [-0.2, 0) is 16.0 Å². The molecular formula is C20H24N2O5. The van der Waals surface area contributed by atoms with E-state index >= 15 is 0 Å². The summed E-state index contributed by atoms with van der Waals surface area (Å²) in [7, 11) is 0. The first-order valence-corrected chi connectivity index (χ1v) is 8.76. The van der Waals surface area contributed by atoms with Crippen LogP contribution < -0.4 is 25.1 Å². The Balaban J connectivity index is 1.74. The van der Waals surface area contributed by atoms with Crippen LogP contribution in [0, 0.1) is 0 Å². The molecule has 2 N–H and O–H groups in total. The first-order chi connectivity index (χ1) is 13.1. The molecule has 2 aromatic carbocycles. The number of rotatable bonds is 9. The van der Waals surface area contributed by atoms with Crippen LogP contribution >= 0.6 is 0 Å². The number of benzene rings is 2. The standard InChI is InChI=1S/C20H24N2O5/c1-3-25-16-11-9-15(10-12-16)13-19(23)21-22-20(24)14-27-18-8-6-5-7-17(18)26-4-2/h5-12H,3-4,13-14H2,1-2H3,(H,21,23)(H,22,24). The lowest BCUT2D eigenvalue weighted by molar-refractivity contribution is -0.129. The van der Waals surface area contributed by atoms with E-state index in [1.165, 1.54) is 0 Å². The van der Waals surface area contributed by atoms with Crippen LogP contribution in [0.2, 0.25) is 0 Å². The molecule has 0 saturated heterocycles. The quantitative estimate of drug-likeness (QED) is 0.660. The zero-order valence-corrected chi connectivity index (χ0v) is 15.5. The van der Waals surface area contributed by atoms with Gasteiger partial charge in [-0.05, 0) is 43.7 Å². The van der Waals surface area contributed by atoms with E-state index in [0.29, 0.717) is 24.7 Å². The summed E-state index contributed by atoms with van der Waals surface area (Å²) in [6.45, 7) is 4.61. The molecule has 0 radical (unpaired) electrons. The Hall–Kier alpha value is -3.22. The number of ether oxygens (including phenoxy) is 3. The smallest absolute Gasteiger partial charge is 0.276 e. The van der Waals surface area contributed by atoms with Crippen molar-refractivity contribution in [2.45, 2.75) is 20.3 Å². The zero-order valence-electron chi connectivity index (χ0n) is 15.5. The Morgan fingerprint density at radius 2 is 1.37 bits per heavy atom. The molecule has 2 aromatic rings. The van der Waals surface area contributed by atoms with Crippen molar-refractivity contribution in [3.05, 3.63) is 54.1 Å². The van der Waals surface area contributed by atoms with E-state index in [4.69, 9.17) is 14.2 Å². The summed E-state index contributed by atoms with van der Waals surface area (Å²) < 4.78 is 16.2. The summed E-state index contributed by atoms with van der Waals surface area (Å²) >= 11 is 0. The molecule has 0 spiro atoms. The highest BCUT2D eigenvalue weighted by Gasteiger charge is 2.09. The molecule has 0 aliphatic carbocycles. The van der Waals surface area contributed by atoms with Gasteiger partial charge in [0.2, 0.25) is 5.91 Å². The highest BCUT2D eigenvalue weighted by molar-refractivity contribution is 5.83. The van der Waals surface area contributed by atoms with Gasteiger partial charge in [-0.1, -0.05) is 24.3 Å². The van der Waals surface area contributed by atoms with Crippen LogP contribution in [0.25, 0.3) is 0 Å². The van der Waals surface area contributed by atoms with Gasteiger partial charge in [0.05, 0.1) is 19.6 Å².